The van der Waals surface area contributed by atoms with Crippen molar-refractivity contribution in [1.82, 2.24) is 0 Å². The van der Waals surface area contributed by atoms with E-state index in [1.54, 1.807) is 30.3 Å². The number of rotatable bonds is 4. The highest BCUT2D eigenvalue weighted by molar-refractivity contribution is 6.38. The number of amides is 2. The fourth-order valence-corrected chi connectivity index (χ4v) is 4.27. The van der Waals surface area contributed by atoms with Gasteiger partial charge in [-0.25, -0.2) is 9.69 Å². The van der Waals surface area contributed by atoms with Gasteiger partial charge in [0.2, 0.25) is 0 Å². The molecular formula is C28H19NO4. The van der Waals surface area contributed by atoms with Crippen molar-refractivity contribution >= 4 is 23.5 Å². The van der Waals surface area contributed by atoms with Gasteiger partial charge >= 0.3 is 5.97 Å². The number of nitrogens with zero attached hydrogens (tertiary/aromatic N) is 1. The molecule has 2 amide bonds. The van der Waals surface area contributed by atoms with Crippen LogP contribution >= 0.6 is 0 Å². The molecule has 0 N–H and O–H groups in total. The third-order valence-corrected chi connectivity index (χ3v) is 5.73. The largest absolute Gasteiger partial charge is 0.465 e. The van der Waals surface area contributed by atoms with E-state index in [4.69, 9.17) is 4.74 Å². The Morgan fingerprint density at radius 3 is 1.76 bits per heavy atom. The average molecular weight is 433 g/mol. The molecule has 4 aromatic carbocycles. The van der Waals surface area contributed by atoms with Gasteiger partial charge in [0.15, 0.2) is 0 Å². The van der Waals surface area contributed by atoms with Gasteiger partial charge in [-0.1, -0.05) is 78.9 Å². The molecule has 1 aliphatic rings. The highest BCUT2D eigenvalue weighted by Crippen LogP contribution is 2.42. The van der Waals surface area contributed by atoms with Crippen molar-refractivity contribution in [3.8, 4) is 22.3 Å². The van der Waals surface area contributed by atoms with Crippen molar-refractivity contribution in [3.05, 3.63) is 114 Å². The minimum Gasteiger partial charge on any atom is -0.465 e. The summed E-state index contributed by atoms with van der Waals surface area (Å²) in [5.41, 5.74) is 3.49. The third kappa shape index (κ3) is 3.31. The van der Waals surface area contributed by atoms with Crippen LogP contribution in [0.5, 0.6) is 0 Å². The minimum absolute atomic E-state index is 0.205. The molecule has 5 rings (SSSR count). The van der Waals surface area contributed by atoms with Crippen LogP contribution in [0, 0.1) is 0 Å². The first-order valence-electron chi connectivity index (χ1n) is 10.5. The maximum absolute atomic E-state index is 13.8. The highest BCUT2D eigenvalue weighted by atomic mass is 16.5. The van der Waals surface area contributed by atoms with Gasteiger partial charge in [0.05, 0.1) is 29.5 Å². The molecule has 4 aromatic rings. The second kappa shape index (κ2) is 8.20. The van der Waals surface area contributed by atoms with Crippen LogP contribution in [-0.4, -0.2) is 24.9 Å². The van der Waals surface area contributed by atoms with Gasteiger partial charge in [0.1, 0.15) is 0 Å². The highest BCUT2D eigenvalue weighted by Gasteiger charge is 2.42. The van der Waals surface area contributed by atoms with Crippen molar-refractivity contribution in [1.29, 1.82) is 0 Å². The molecule has 0 saturated carbocycles. The zero-order valence-corrected chi connectivity index (χ0v) is 17.8. The molecule has 33 heavy (non-hydrogen) atoms. The lowest BCUT2D eigenvalue weighted by Gasteiger charge is -2.15. The van der Waals surface area contributed by atoms with Crippen LogP contribution in [0.1, 0.15) is 31.1 Å². The van der Waals surface area contributed by atoms with E-state index in [9.17, 15) is 14.4 Å². The van der Waals surface area contributed by atoms with E-state index in [2.05, 4.69) is 0 Å². The second-order valence-corrected chi connectivity index (χ2v) is 7.60. The number of para-hydroxylation sites is 1. The van der Waals surface area contributed by atoms with E-state index in [0.29, 0.717) is 22.4 Å². The van der Waals surface area contributed by atoms with Crippen LogP contribution in [0.4, 0.5) is 5.69 Å². The normalized spacial score (nSPS) is 12.6. The van der Waals surface area contributed by atoms with Gasteiger partial charge in [-0.3, -0.25) is 9.59 Å². The Bertz CT molecular complexity index is 1380. The summed E-state index contributed by atoms with van der Waals surface area (Å²) in [5.74, 6) is -1.47. The molecule has 0 saturated heterocycles. The number of carbonyl (C=O) groups excluding carboxylic acids is 3. The molecule has 0 spiro atoms. The number of methoxy groups -OCH3 is 1. The molecular weight excluding hydrogens is 414 g/mol. The summed E-state index contributed by atoms with van der Waals surface area (Å²) in [4.78, 5) is 41.6. The van der Waals surface area contributed by atoms with Crippen LogP contribution in [0.15, 0.2) is 97.1 Å². The second-order valence-electron chi connectivity index (χ2n) is 7.60. The molecule has 0 aromatic heterocycles. The Labute approximate surface area is 190 Å². The summed E-state index contributed by atoms with van der Waals surface area (Å²) in [6.45, 7) is 0. The fraction of sp³-hybridized carbons (Fsp3) is 0.0357. The Morgan fingerprint density at radius 1 is 0.667 bits per heavy atom. The predicted octanol–water partition coefficient (Wildman–Crippen LogP) is 5.61. The van der Waals surface area contributed by atoms with E-state index < -0.39 is 17.8 Å². The molecule has 0 bridgehead atoms. The molecule has 5 nitrogen and oxygen atoms in total. The van der Waals surface area contributed by atoms with Crippen molar-refractivity contribution in [3.63, 3.8) is 0 Å². The van der Waals surface area contributed by atoms with Crippen LogP contribution < -0.4 is 4.90 Å². The molecule has 160 valence electrons. The van der Waals surface area contributed by atoms with E-state index in [0.717, 1.165) is 5.56 Å². The molecule has 1 aliphatic heterocycles. The average Bonchev–Trinajstić information content (AvgIpc) is 3.14. The quantitative estimate of drug-likeness (QED) is 0.310. The smallest absolute Gasteiger partial charge is 0.338 e. The summed E-state index contributed by atoms with van der Waals surface area (Å²) < 4.78 is 5.07. The summed E-state index contributed by atoms with van der Waals surface area (Å²) in [7, 11) is 1.30. The molecule has 5 heteroatoms. The topological polar surface area (TPSA) is 63.7 Å². The lowest BCUT2D eigenvalue weighted by atomic mass is 9.86. The third-order valence-electron chi connectivity index (χ3n) is 5.73. The molecule has 0 aliphatic carbocycles. The van der Waals surface area contributed by atoms with Gasteiger partial charge in [0, 0.05) is 5.56 Å². The first-order valence-corrected chi connectivity index (χ1v) is 10.5. The number of ether oxygens (including phenoxy) is 1. The summed E-state index contributed by atoms with van der Waals surface area (Å²) in [6.07, 6.45) is 0. The van der Waals surface area contributed by atoms with Gasteiger partial charge in [0.25, 0.3) is 11.8 Å². The van der Waals surface area contributed by atoms with Crippen molar-refractivity contribution in [2.24, 2.45) is 0 Å². The van der Waals surface area contributed by atoms with E-state index >= 15 is 0 Å². The molecule has 0 unspecified atom stereocenters. The number of hydrogen-bond donors (Lipinski definition) is 0. The maximum atomic E-state index is 13.8. The SMILES string of the molecule is COC(=O)c1cc(-c2ccccc2)c2c(c1-c1ccccc1)C(=O)N(c1ccccc1)C2=O. The van der Waals surface area contributed by atoms with Crippen molar-refractivity contribution < 1.29 is 19.1 Å². The zero-order valence-electron chi connectivity index (χ0n) is 17.8. The zero-order chi connectivity index (χ0) is 22.9. The minimum atomic E-state index is -0.577. The number of esters is 1. The van der Waals surface area contributed by atoms with Crippen LogP contribution in [0.2, 0.25) is 0 Å². The number of fused-ring (bicyclic) bond motifs is 1. The van der Waals surface area contributed by atoms with Crippen molar-refractivity contribution in [2.75, 3.05) is 12.0 Å². The fourth-order valence-electron chi connectivity index (χ4n) is 4.27. The monoisotopic (exact) mass is 433 g/mol. The number of imide groups is 1. The van der Waals surface area contributed by atoms with E-state index in [-0.39, 0.29) is 16.7 Å². The summed E-state index contributed by atoms with van der Waals surface area (Å²) >= 11 is 0. The van der Waals surface area contributed by atoms with Crippen LogP contribution in [0.25, 0.3) is 22.3 Å². The molecule has 1 heterocycles. The standard InChI is InChI=1S/C28H19NO4/c1-33-28(32)22-17-21(18-11-5-2-6-12-18)24-25(23(22)19-13-7-3-8-14-19)27(31)29(26(24)30)20-15-9-4-10-16-20/h2-17H,1H3. The van der Waals surface area contributed by atoms with E-state index in [1.807, 2.05) is 66.7 Å². The number of benzene rings is 4. The number of carbonyl (C=O) groups is 3. The Balaban J connectivity index is 1.88. The van der Waals surface area contributed by atoms with Crippen LogP contribution in [0.3, 0.4) is 0 Å². The lowest BCUT2D eigenvalue weighted by Crippen LogP contribution is -2.29. The van der Waals surface area contributed by atoms with Crippen molar-refractivity contribution in [2.45, 2.75) is 0 Å². The Kier molecular flexibility index (Phi) is 5.07. The Hall–Kier alpha value is -4.51. The summed E-state index contributed by atoms with van der Waals surface area (Å²) in [6, 6.07) is 28.8. The molecule has 0 fully saturated rings. The molecule has 0 radical (unpaired) electrons. The number of anilines is 1. The van der Waals surface area contributed by atoms with Crippen LogP contribution in [-0.2, 0) is 4.74 Å². The molecule has 0 atom stereocenters. The van der Waals surface area contributed by atoms with Gasteiger partial charge in [-0.15, -0.1) is 0 Å². The lowest BCUT2D eigenvalue weighted by molar-refractivity contribution is 0.0601. The van der Waals surface area contributed by atoms with Gasteiger partial charge in [-0.2, -0.15) is 0 Å². The van der Waals surface area contributed by atoms with Gasteiger partial charge < -0.3 is 4.74 Å². The van der Waals surface area contributed by atoms with Gasteiger partial charge in [-0.05, 0) is 34.9 Å². The van der Waals surface area contributed by atoms with E-state index in [1.165, 1.54) is 12.0 Å². The number of hydrogen-bond acceptors (Lipinski definition) is 4. The Morgan fingerprint density at radius 2 is 1.18 bits per heavy atom. The predicted molar refractivity (Wildman–Crippen MR) is 126 cm³/mol. The first kappa shape index (κ1) is 20.4. The maximum Gasteiger partial charge on any atom is 0.338 e. The first-order chi connectivity index (χ1) is 16.1. The summed E-state index contributed by atoms with van der Waals surface area (Å²) in [5, 5.41) is 0.